The summed E-state index contributed by atoms with van der Waals surface area (Å²) in [5, 5.41) is 5.82. The quantitative estimate of drug-likeness (QED) is 0.368. The summed E-state index contributed by atoms with van der Waals surface area (Å²) in [7, 11) is 0. The number of fused-ring (bicyclic) bond motifs is 1. The SMILES string of the molecule is O=C(OCc1ccccc1)N1CCC(Cc2c[nH]c3ccc(-c4cnn(C5CCCCO5)c4)cc23)C1. The summed E-state index contributed by atoms with van der Waals surface area (Å²) in [5.41, 5.74) is 5.69. The van der Waals surface area contributed by atoms with Crippen LogP contribution in [0.1, 0.15) is 43.0 Å². The third-order valence-corrected chi connectivity index (χ3v) is 7.41. The Morgan fingerprint density at radius 2 is 2.03 bits per heavy atom. The molecule has 0 bridgehead atoms. The summed E-state index contributed by atoms with van der Waals surface area (Å²) < 4.78 is 13.4. The predicted molar refractivity (Wildman–Crippen MR) is 138 cm³/mol. The van der Waals surface area contributed by atoms with Crippen LogP contribution in [-0.2, 0) is 22.5 Å². The molecule has 2 aromatic carbocycles. The van der Waals surface area contributed by atoms with E-state index < -0.39 is 0 Å². The van der Waals surface area contributed by atoms with Crippen LogP contribution in [-0.4, -0.2) is 45.5 Å². The van der Waals surface area contributed by atoms with Gasteiger partial charge in [-0.1, -0.05) is 36.4 Å². The molecule has 2 aliphatic rings. The number of aromatic nitrogens is 3. The summed E-state index contributed by atoms with van der Waals surface area (Å²) in [4.78, 5) is 17.8. The van der Waals surface area contributed by atoms with Crippen molar-refractivity contribution in [2.75, 3.05) is 19.7 Å². The van der Waals surface area contributed by atoms with Gasteiger partial charge in [0.2, 0.25) is 0 Å². The van der Waals surface area contributed by atoms with Crippen LogP contribution >= 0.6 is 0 Å². The number of likely N-dealkylation sites (tertiary alicyclic amines) is 1. The van der Waals surface area contributed by atoms with Crippen molar-refractivity contribution in [3.8, 4) is 11.1 Å². The predicted octanol–water partition coefficient (Wildman–Crippen LogP) is 5.93. The maximum Gasteiger partial charge on any atom is 0.410 e. The van der Waals surface area contributed by atoms with Crippen molar-refractivity contribution in [1.82, 2.24) is 19.7 Å². The van der Waals surface area contributed by atoms with Crippen LogP contribution in [0, 0.1) is 5.92 Å². The van der Waals surface area contributed by atoms with E-state index in [0.29, 0.717) is 12.5 Å². The second-order valence-corrected chi connectivity index (χ2v) is 9.95. The molecule has 2 unspecified atom stereocenters. The zero-order valence-electron chi connectivity index (χ0n) is 20.4. The Morgan fingerprint density at radius 1 is 1.11 bits per heavy atom. The van der Waals surface area contributed by atoms with E-state index in [9.17, 15) is 4.79 Å². The first-order valence-corrected chi connectivity index (χ1v) is 12.9. The van der Waals surface area contributed by atoms with Crippen molar-refractivity contribution < 1.29 is 14.3 Å². The summed E-state index contributed by atoms with van der Waals surface area (Å²) in [6.07, 6.45) is 11.2. The molecule has 6 rings (SSSR count). The van der Waals surface area contributed by atoms with Gasteiger partial charge in [0.05, 0.1) is 6.20 Å². The lowest BCUT2D eigenvalue weighted by Gasteiger charge is -2.22. The second kappa shape index (κ2) is 10.2. The van der Waals surface area contributed by atoms with Crippen LogP contribution in [0.2, 0.25) is 0 Å². The molecule has 1 N–H and O–H groups in total. The molecule has 1 amide bonds. The van der Waals surface area contributed by atoms with E-state index in [-0.39, 0.29) is 12.3 Å². The average molecular weight is 485 g/mol. The minimum Gasteiger partial charge on any atom is -0.445 e. The Hall–Kier alpha value is -3.58. The summed E-state index contributed by atoms with van der Waals surface area (Å²) in [6, 6.07) is 16.4. The number of nitrogens with zero attached hydrogens (tertiary/aromatic N) is 3. The Balaban J connectivity index is 1.11. The topological polar surface area (TPSA) is 72.4 Å². The van der Waals surface area contributed by atoms with Gasteiger partial charge < -0.3 is 19.4 Å². The Bertz CT molecular complexity index is 1320. The van der Waals surface area contributed by atoms with Gasteiger partial charge in [-0.15, -0.1) is 0 Å². The van der Waals surface area contributed by atoms with E-state index in [1.807, 2.05) is 46.1 Å². The van der Waals surface area contributed by atoms with Crippen LogP contribution in [0.15, 0.2) is 67.1 Å². The van der Waals surface area contributed by atoms with E-state index in [1.54, 1.807) is 0 Å². The zero-order chi connectivity index (χ0) is 24.3. The fourth-order valence-corrected chi connectivity index (χ4v) is 5.39. The van der Waals surface area contributed by atoms with Gasteiger partial charge in [0.15, 0.2) is 0 Å². The first-order chi connectivity index (χ1) is 17.7. The highest BCUT2D eigenvalue weighted by molar-refractivity contribution is 5.88. The molecule has 7 nitrogen and oxygen atoms in total. The van der Waals surface area contributed by atoms with Crippen LogP contribution < -0.4 is 0 Å². The third kappa shape index (κ3) is 4.88. The molecule has 0 spiro atoms. The highest BCUT2D eigenvalue weighted by atomic mass is 16.6. The first-order valence-electron chi connectivity index (χ1n) is 12.9. The van der Waals surface area contributed by atoms with Crippen LogP contribution in [0.3, 0.4) is 0 Å². The minimum absolute atomic E-state index is 0.0451. The van der Waals surface area contributed by atoms with Gasteiger partial charge in [0.25, 0.3) is 0 Å². The lowest BCUT2D eigenvalue weighted by atomic mass is 9.97. The van der Waals surface area contributed by atoms with E-state index in [4.69, 9.17) is 9.47 Å². The number of hydrogen-bond acceptors (Lipinski definition) is 4. The number of H-pyrrole nitrogens is 1. The summed E-state index contributed by atoms with van der Waals surface area (Å²) in [6.45, 7) is 2.60. The standard InChI is InChI=1S/C29H32N4O3/c34-29(36-20-21-6-2-1-3-7-21)32-12-11-22(18-32)14-24-16-30-27-10-9-23(15-26(24)27)25-17-31-33(19-25)28-8-4-5-13-35-28/h1-3,6-7,9-10,15-17,19,22,28,30H,4-5,8,11-14,18,20H2. The normalized spacial score (nSPS) is 20.2. The third-order valence-electron chi connectivity index (χ3n) is 7.41. The molecular formula is C29H32N4O3. The maximum absolute atomic E-state index is 12.6. The zero-order valence-corrected chi connectivity index (χ0v) is 20.4. The van der Waals surface area contributed by atoms with Gasteiger partial charge in [0.1, 0.15) is 12.8 Å². The number of ether oxygens (including phenoxy) is 2. The van der Waals surface area contributed by atoms with E-state index in [1.165, 1.54) is 17.4 Å². The molecule has 4 aromatic rings. The van der Waals surface area contributed by atoms with Crippen LogP contribution in [0.5, 0.6) is 0 Å². The summed E-state index contributed by atoms with van der Waals surface area (Å²) in [5.74, 6) is 0.420. The van der Waals surface area contributed by atoms with Gasteiger partial charge in [-0.3, -0.25) is 0 Å². The lowest BCUT2D eigenvalue weighted by molar-refractivity contribution is -0.0394. The number of benzene rings is 2. The second-order valence-electron chi connectivity index (χ2n) is 9.95. The van der Waals surface area contributed by atoms with Crippen LogP contribution in [0.4, 0.5) is 4.79 Å². The van der Waals surface area contributed by atoms with Crippen molar-refractivity contribution in [3.05, 3.63) is 78.2 Å². The first kappa shape index (κ1) is 22.9. The fraction of sp³-hybridized carbons (Fsp3) is 0.379. The molecule has 186 valence electrons. The smallest absolute Gasteiger partial charge is 0.410 e. The van der Waals surface area contributed by atoms with Gasteiger partial charge in [0, 0.05) is 48.6 Å². The Morgan fingerprint density at radius 3 is 2.89 bits per heavy atom. The lowest BCUT2D eigenvalue weighted by Crippen LogP contribution is -2.29. The number of amides is 1. The van der Waals surface area contributed by atoms with E-state index >= 15 is 0 Å². The van der Waals surface area contributed by atoms with E-state index in [0.717, 1.165) is 67.6 Å². The van der Waals surface area contributed by atoms with Crippen molar-refractivity contribution in [1.29, 1.82) is 0 Å². The number of carbonyl (C=O) groups excluding carboxylic acids is 1. The molecule has 2 aliphatic heterocycles. The van der Waals surface area contributed by atoms with Gasteiger partial charge in [-0.25, -0.2) is 9.48 Å². The van der Waals surface area contributed by atoms with Crippen molar-refractivity contribution in [3.63, 3.8) is 0 Å². The van der Waals surface area contributed by atoms with Gasteiger partial charge in [-0.05, 0) is 66.8 Å². The number of aromatic amines is 1. The molecule has 4 heterocycles. The van der Waals surface area contributed by atoms with Crippen LogP contribution in [0.25, 0.3) is 22.0 Å². The number of rotatable bonds is 6. The molecule has 0 radical (unpaired) electrons. The number of carbonyl (C=O) groups is 1. The Labute approximate surface area is 211 Å². The Kier molecular flexibility index (Phi) is 6.47. The summed E-state index contributed by atoms with van der Waals surface area (Å²) >= 11 is 0. The number of nitrogens with one attached hydrogen (secondary N) is 1. The highest BCUT2D eigenvalue weighted by Gasteiger charge is 2.28. The molecule has 2 fully saturated rings. The highest BCUT2D eigenvalue weighted by Crippen LogP contribution is 2.31. The molecule has 36 heavy (non-hydrogen) atoms. The molecule has 2 atom stereocenters. The maximum atomic E-state index is 12.6. The largest absolute Gasteiger partial charge is 0.445 e. The average Bonchev–Trinajstić information content (AvgIpc) is 3.69. The molecule has 2 aromatic heterocycles. The monoisotopic (exact) mass is 484 g/mol. The molecule has 0 saturated carbocycles. The fourth-order valence-electron chi connectivity index (χ4n) is 5.39. The van der Waals surface area contributed by atoms with E-state index in [2.05, 4.69) is 40.7 Å². The van der Waals surface area contributed by atoms with Crippen molar-refractivity contribution >= 4 is 17.0 Å². The molecular weight excluding hydrogens is 452 g/mol. The van der Waals surface area contributed by atoms with Crippen molar-refractivity contribution in [2.45, 2.75) is 44.9 Å². The van der Waals surface area contributed by atoms with Crippen molar-refractivity contribution in [2.24, 2.45) is 5.92 Å². The number of hydrogen-bond donors (Lipinski definition) is 1. The minimum atomic E-state index is -0.221. The molecule has 2 saturated heterocycles. The van der Waals surface area contributed by atoms with Gasteiger partial charge >= 0.3 is 6.09 Å². The van der Waals surface area contributed by atoms with Gasteiger partial charge in [-0.2, -0.15) is 5.10 Å². The molecule has 7 heteroatoms. The molecule has 0 aliphatic carbocycles.